The number of hydrogen-bond acceptors (Lipinski definition) is 3. The summed E-state index contributed by atoms with van der Waals surface area (Å²) in [5.74, 6) is 0.862. The van der Waals surface area contributed by atoms with Crippen molar-refractivity contribution in [1.29, 1.82) is 0 Å². The minimum absolute atomic E-state index is 0.398. The molecule has 0 amide bonds. The molecule has 3 rings (SSSR count). The van der Waals surface area contributed by atoms with Gasteiger partial charge in [-0.2, -0.15) is 0 Å². The Bertz CT molecular complexity index is 788. The summed E-state index contributed by atoms with van der Waals surface area (Å²) in [5, 5.41) is 7.03. The second kappa shape index (κ2) is 9.94. The Kier molecular flexibility index (Phi) is 7.34. The van der Waals surface area contributed by atoms with E-state index in [1.54, 1.807) is 0 Å². The molecule has 28 heavy (non-hydrogen) atoms. The van der Waals surface area contributed by atoms with Crippen LogP contribution in [0, 0.1) is 0 Å². The zero-order valence-corrected chi connectivity index (χ0v) is 18.5. The first-order valence-corrected chi connectivity index (χ1v) is 10.5. The fourth-order valence-electron chi connectivity index (χ4n) is 3.54. The average molecular weight is 444 g/mol. The van der Waals surface area contributed by atoms with Gasteiger partial charge in [-0.25, -0.2) is 0 Å². The predicted molar refractivity (Wildman–Crippen MR) is 122 cm³/mol. The molecule has 2 aromatic rings. The van der Waals surface area contributed by atoms with Gasteiger partial charge in [0.15, 0.2) is 5.96 Å². The number of guanidine groups is 1. The molecule has 1 aliphatic rings. The van der Waals surface area contributed by atoms with Gasteiger partial charge in [-0.3, -0.25) is 4.99 Å². The summed E-state index contributed by atoms with van der Waals surface area (Å²) in [6.07, 6.45) is 1.11. The lowest BCUT2D eigenvalue weighted by atomic mass is 10.1. The van der Waals surface area contributed by atoms with Crippen molar-refractivity contribution in [3.63, 3.8) is 0 Å². The third-order valence-electron chi connectivity index (χ3n) is 4.89. The van der Waals surface area contributed by atoms with Crippen LogP contribution in [-0.4, -0.2) is 51.1 Å². The van der Waals surface area contributed by atoms with Crippen molar-refractivity contribution >= 4 is 27.6 Å². The van der Waals surface area contributed by atoms with E-state index in [2.05, 4.69) is 104 Å². The lowest BCUT2D eigenvalue weighted by molar-refractivity contribution is 0.402. The first kappa shape index (κ1) is 20.7. The minimum Gasteiger partial charge on any atom is -0.369 e. The van der Waals surface area contributed by atoms with Crippen molar-refractivity contribution in [3.05, 3.63) is 64.1 Å². The average Bonchev–Trinajstić information content (AvgIpc) is 3.14. The number of aliphatic imine (C=N–C) groups is 1. The van der Waals surface area contributed by atoms with Crippen LogP contribution in [0.4, 0.5) is 5.69 Å². The summed E-state index contributed by atoms with van der Waals surface area (Å²) < 4.78 is 1.12. The molecule has 1 atom stereocenters. The quantitative estimate of drug-likeness (QED) is 0.529. The van der Waals surface area contributed by atoms with Crippen LogP contribution in [0.3, 0.4) is 0 Å². The van der Waals surface area contributed by atoms with Crippen LogP contribution >= 0.6 is 15.9 Å². The van der Waals surface area contributed by atoms with Crippen LogP contribution in [0.5, 0.6) is 0 Å². The highest BCUT2D eigenvalue weighted by Gasteiger charge is 2.23. The van der Waals surface area contributed by atoms with Crippen LogP contribution in [0.1, 0.15) is 17.5 Å². The van der Waals surface area contributed by atoms with Crippen LogP contribution in [0.2, 0.25) is 0 Å². The molecular formula is C22H30BrN5. The maximum Gasteiger partial charge on any atom is 0.191 e. The van der Waals surface area contributed by atoms with Crippen LogP contribution in [0.25, 0.3) is 0 Å². The Balaban J connectivity index is 1.50. The third kappa shape index (κ3) is 5.97. The number of nitrogens with zero attached hydrogens (tertiary/aromatic N) is 3. The van der Waals surface area contributed by atoms with Crippen LogP contribution in [0.15, 0.2) is 58.0 Å². The van der Waals surface area contributed by atoms with Crippen LogP contribution < -0.4 is 15.5 Å². The normalized spacial score (nSPS) is 17.2. The van der Waals surface area contributed by atoms with Crippen molar-refractivity contribution in [1.82, 2.24) is 15.5 Å². The maximum atomic E-state index is 4.41. The fourth-order valence-corrected chi connectivity index (χ4v) is 3.81. The highest BCUT2D eigenvalue weighted by atomic mass is 79.9. The SMILES string of the molecule is CN=C(NCc1cccc(CN(C)C)c1)NC1CCN(c2ccc(Br)cc2)C1. The Labute approximate surface area is 177 Å². The number of hydrogen-bond donors (Lipinski definition) is 2. The van der Waals surface area contributed by atoms with Gasteiger partial charge in [-0.1, -0.05) is 40.2 Å². The van der Waals surface area contributed by atoms with Crippen molar-refractivity contribution < 1.29 is 0 Å². The van der Waals surface area contributed by atoms with Gasteiger partial charge in [0.1, 0.15) is 0 Å². The molecule has 0 spiro atoms. The Morgan fingerprint density at radius 3 is 2.64 bits per heavy atom. The summed E-state index contributed by atoms with van der Waals surface area (Å²) in [6.45, 7) is 3.77. The van der Waals surface area contributed by atoms with Gasteiger partial charge in [-0.05, 0) is 55.9 Å². The smallest absolute Gasteiger partial charge is 0.191 e. The monoisotopic (exact) mass is 443 g/mol. The fraction of sp³-hybridized carbons (Fsp3) is 0.409. The van der Waals surface area contributed by atoms with Gasteiger partial charge >= 0.3 is 0 Å². The third-order valence-corrected chi connectivity index (χ3v) is 5.42. The molecule has 1 saturated heterocycles. The van der Waals surface area contributed by atoms with E-state index in [0.717, 1.165) is 43.0 Å². The van der Waals surface area contributed by atoms with Gasteiger partial charge in [0.25, 0.3) is 0 Å². The first-order chi connectivity index (χ1) is 13.5. The van der Waals surface area contributed by atoms with E-state index in [9.17, 15) is 0 Å². The molecule has 0 saturated carbocycles. The predicted octanol–water partition coefficient (Wildman–Crippen LogP) is 3.45. The lowest BCUT2D eigenvalue weighted by Gasteiger charge is -2.20. The van der Waals surface area contributed by atoms with E-state index in [4.69, 9.17) is 0 Å². The molecular weight excluding hydrogens is 414 g/mol. The maximum absolute atomic E-state index is 4.41. The molecule has 5 nitrogen and oxygen atoms in total. The van der Waals surface area contributed by atoms with Crippen molar-refractivity contribution in [2.75, 3.05) is 39.1 Å². The van der Waals surface area contributed by atoms with Gasteiger partial charge in [-0.15, -0.1) is 0 Å². The summed E-state index contributed by atoms with van der Waals surface area (Å²) in [4.78, 5) is 9.01. The topological polar surface area (TPSA) is 42.9 Å². The number of rotatable bonds is 6. The van der Waals surface area contributed by atoms with Crippen molar-refractivity contribution in [2.45, 2.75) is 25.6 Å². The molecule has 2 N–H and O–H groups in total. The molecule has 2 aromatic carbocycles. The second-order valence-electron chi connectivity index (χ2n) is 7.54. The van der Waals surface area contributed by atoms with E-state index in [1.807, 2.05) is 7.05 Å². The highest BCUT2D eigenvalue weighted by molar-refractivity contribution is 9.10. The molecule has 1 heterocycles. The van der Waals surface area contributed by atoms with E-state index < -0.39 is 0 Å². The van der Waals surface area contributed by atoms with Crippen molar-refractivity contribution in [2.24, 2.45) is 4.99 Å². The van der Waals surface area contributed by atoms with E-state index in [0.29, 0.717) is 6.04 Å². The molecule has 0 bridgehead atoms. The largest absolute Gasteiger partial charge is 0.369 e. The number of benzene rings is 2. The van der Waals surface area contributed by atoms with E-state index >= 15 is 0 Å². The second-order valence-corrected chi connectivity index (χ2v) is 8.45. The Hall–Kier alpha value is -2.05. The minimum atomic E-state index is 0.398. The molecule has 0 aromatic heterocycles. The summed E-state index contributed by atoms with van der Waals surface area (Å²) in [7, 11) is 6.02. The first-order valence-electron chi connectivity index (χ1n) is 9.74. The Morgan fingerprint density at radius 1 is 1.18 bits per heavy atom. The Morgan fingerprint density at radius 2 is 1.93 bits per heavy atom. The van der Waals surface area contributed by atoms with E-state index in [-0.39, 0.29) is 0 Å². The molecule has 0 radical (unpaired) electrons. The van der Waals surface area contributed by atoms with Crippen molar-refractivity contribution in [3.8, 4) is 0 Å². The molecule has 6 heteroatoms. The number of anilines is 1. The zero-order chi connectivity index (χ0) is 19.9. The van der Waals surface area contributed by atoms with E-state index in [1.165, 1.54) is 16.8 Å². The molecule has 1 fully saturated rings. The molecule has 0 aliphatic carbocycles. The number of halogens is 1. The van der Waals surface area contributed by atoms with Gasteiger partial charge in [0.05, 0.1) is 0 Å². The lowest BCUT2D eigenvalue weighted by Crippen LogP contribution is -2.44. The van der Waals surface area contributed by atoms with Crippen LogP contribution in [-0.2, 0) is 13.1 Å². The number of nitrogens with one attached hydrogen (secondary N) is 2. The molecule has 1 unspecified atom stereocenters. The summed E-state index contributed by atoms with van der Waals surface area (Å²) >= 11 is 3.50. The van der Waals surface area contributed by atoms with Gasteiger partial charge in [0.2, 0.25) is 0 Å². The summed E-state index contributed by atoms with van der Waals surface area (Å²) in [6, 6.07) is 17.6. The zero-order valence-electron chi connectivity index (χ0n) is 17.0. The van der Waals surface area contributed by atoms with Gasteiger partial charge in [0, 0.05) is 49.4 Å². The highest BCUT2D eigenvalue weighted by Crippen LogP contribution is 2.22. The van der Waals surface area contributed by atoms with Gasteiger partial charge < -0.3 is 20.4 Å². The standard InChI is InChI=1S/C22H30BrN5/c1-24-22(25-14-17-5-4-6-18(13-17)15-27(2)3)26-20-11-12-28(16-20)21-9-7-19(23)8-10-21/h4-10,13,20H,11-12,14-16H2,1-3H3,(H2,24,25,26). The molecule has 1 aliphatic heterocycles. The summed E-state index contributed by atoms with van der Waals surface area (Å²) in [5.41, 5.74) is 3.87. The molecule has 150 valence electrons.